The second-order valence-corrected chi connectivity index (χ2v) is 8.87. The maximum atomic E-state index is 13.7. The molecular weight excluding hydrogens is 480 g/mol. The van der Waals surface area contributed by atoms with Crippen molar-refractivity contribution in [2.24, 2.45) is 4.99 Å². The molecule has 0 unspecified atom stereocenters. The molecule has 0 bridgehead atoms. The smallest absolute Gasteiger partial charge is 0.338 e. The lowest BCUT2D eigenvalue weighted by molar-refractivity contribution is -0.138. The van der Waals surface area contributed by atoms with Gasteiger partial charge in [-0.15, -0.1) is 0 Å². The summed E-state index contributed by atoms with van der Waals surface area (Å²) < 4.78 is 23.4. The Morgan fingerprint density at radius 2 is 1.81 bits per heavy atom. The summed E-state index contributed by atoms with van der Waals surface area (Å²) in [5, 5.41) is 0. The molecule has 0 amide bonds. The van der Waals surface area contributed by atoms with Crippen LogP contribution in [0.3, 0.4) is 0 Å². The Balaban J connectivity index is 1.93. The third kappa shape index (κ3) is 4.70. The minimum absolute atomic E-state index is 0.0379. The van der Waals surface area contributed by atoms with E-state index < -0.39 is 12.0 Å². The first-order chi connectivity index (χ1) is 17.4. The Kier molecular flexibility index (Phi) is 7.40. The number of carbonyl (C=O) groups excluding carboxylic acids is 1. The monoisotopic (exact) mass is 506 g/mol. The van der Waals surface area contributed by atoms with Crippen LogP contribution in [0.15, 0.2) is 76.2 Å². The molecule has 0 saturated carbocycles. The average molecular weight is 507 g/mol. The summed E-state index contributed by atoms with van der Waals surface area (Å²) >= 11 is 1.26. The van der Waals surface area contributed by atoms with Gasteiger partial charge in [-0.1, -0.05) is 42.2 Å². The number of allylic oxidation sites excluding steroid dienone is 1. The Bertz CT molecular complexity index is 1520. The van der Waals surface area contributed by atoms with Gasteiger partial charge in [0, 0.05) is 0 Å². The third-order valence-corrected chi connectivity index (χ3v) is 6.69. The minimum Gasteiger partial charge on any atom is -0.497 e. The zero-order valence-corrected chi connectivity index (χ0v) is 21.3. The summed E-state index contributed by atoms with van der Waals surface area (Å²) in [4.78, 5) is 31.9. The molecule has 2 aromatic carbocycles. The van der Waals surface area contributed by atoms with Crippen molar-refractivity contribution in [3.63, 3.8) is 0 Å². The van der Waals surface area contributed by atoms with Crippen molar-refractivity contribution in [1.82, 2.24) is 4.57 Å². The first kappa shape index (κ1) is 25.0. The van der Waals surface area contributed by atoms with Gasteiger partial charge in [0.1, 0.15) is 12.4 Å². The fourth-order valence-corrected chi connectivity index (χ4v) is 5.03. The van der Waals surface area contributed by atoms with Crippen LogP contribution >= 0.6 is 11.3 Å². The molecule has 36 heavy (non-hydrogen) atoms. The summed E-state index contributed by atoms with van der Waals surface area (Å²) in [6, 6.07) is 11.9. The van der Waals surface area contributed by atoms with E-state index in [1.807, 2.05) is 24.3 Å². The van der Waals surface area contributed by atoms with E-state index in [-0.39, 0.29) is 17.7 Å². The van der Waals surface area contributed by atoms with E-state index in [1.54, 1.807) is 45.4 Å². The number of hydrogen-bond acceptors (Lipinski definition) is 8. The number of hydrogen-bond donors (Lipinski definition) is 0. The molecule has 0 spiro atoms. The molecule has 0 aliphatic carbocycles. The van der Waals surface area contributed by atoms with E-state index in [0.29, 0.717) is 32.1 Å². The lowest BCUT2D eigenvalue weighted by Gasteiger charge is -2.25. The van der Waals surface area contributed by atoms with Gasteiger partial charge in [0.05, 0.1) is 43.2 Å². The van der Waals surface area contributed by atoms with Crippen LogP contribution in [0.2, 0.25) is 0 Å². The summed E-state index contributed by atoms with van der Waals surface area (Å²) in [7, 11) is 4.67. The van der Waals surface area contributed by atoms with Gasteiger partial charge in [-0.2, -0.15) is 0 Å². The predicted octanol–water partition coefficient (Wildman–Crippen LogP) is 2.99. The van der Waals surface area contributed by atoms with Crippen molar-refractivity contribution >= 4 is 23.4 Å². The number of thiazole rings is 1. The molecule has 2 heterocycles. The highest BCUT2D eigenvalue weighted by Crippen LogP contribution is 2.36. The number of fused-ring (bicyclic) bond motifs is 1. The van der Waals surface area contributed by atoms with E-state index in [1.165, 1.54) is 29.1 Å². The Morgan fingerprint density at radius 1 is 1.08 bits per heavy atom. The molecule has 0 N–H and O–H groups in total. The minimum atomic E-state index is -0.767. The number of methoxy groups -OCH3 is 3. The van der Waals surface area contributed by atoms with Crippen molar-refractivity contribution in [3.05, 3.63) is 97.2 Å². The number of rotatable bonds is 8. The number of ether oxygens (including phenoxy) is 4. The molecule has 9 heteroatoms. The number of esters is 1. The van der Waals surface area contributed by atoms with Crippen LogP contribution < -0.4 is 29.1 Å². The lowest BCUT2D eigenvalue weighted by atomic mass is 9.95. The Morgan fingerprint density at radius 3 is 2.44 bits per heavy atom. The van der Waals surface area contributed by atoms with Crippen molar-refractivity contribution in [3.8, 4) is 17.2 Å². The van der Waals surface area contributed by atoms with Crippen LogP contribution in [0.25, 0.3) is 6.08 Å². The first-order valence-corrected chi connectivity index (χ1v) is 11.9. The van der Waals surface area contributed by atoms with Gasteiger partial charge in [0.15, 0.2) is 16.3 Å². The van der Waals surface area contributed by atoms with Crippen molar-refractivity contribution < 1.29 is 23.7 Å². The summed E-state index contributed by atoms with van der Waals surface area (Å²) in [5.41, 5.74) is 1.97. The van der Waals surface area contributed by atoms with E-state index in [0.717, 1.165) is 11.3 Å². The number of carbonyl (C=O) groups is 1. The topological polar surface area (TPSA) is 88.4 Å². The van der Waals surface area contributed by atoms with Crippen LogP contribution in [-0.4, -0.2) is 38.5 Å². The average Bonchev–Trinajstić information content (AvgIpc) is 3.20. The number of aromatic nitrogens is 1. The maximum absolute atomic E-state index is 13.7. The van der Waals surface area contributed by atoms with Gasteiger partial charge in [-0.05, 0) is 48.4 Å². The summed E-state index contributed by atoms with van der Waals surface area (Å²) in [5.74, 6) is 1.16. The molecule has 1 aromatic heterocycles. The Hall–Kier alpha value is -4.11. The molecule has 4 rings (SSSR count). The molecule has 0 saturated heterocycles. The third-order valence-electron chi connectivity index (χ3n) is 5.71. The molecule has 0 fully saturated rings. The Labute approximate surface area is 212 Å². The van der Waals surface area contributed by atoms with Crippen molar-refractivity contribution in [1.29, 1.82) is 0 Å². The zero-order valence-electron chi connectivity index (χ0n) is 20.4. The summed E-state index contributed by atoms with van der Waals surface area (Å²) in [6.07, 6.45) is 3.28. The molecule has 186 valence electrons. The van der Waals surface area contributed by atoms with E-state index in [2.05, 4.69) is 11.6 Å². The van der Waals surface area contributed by atoms with Crippen molar-refractivity contribution in [2.45, 2.75) is 13.0 Å². The highest BCUT2D eigenvalue weighted by atomic mass is 32.1. The van der Waals surface area contributed by atoms with Crippen LogP contribution in [-0.2, 0) is 9.53 Å². The van der Waals surface area contributed by atoms with Gasteiger partial charge in [0.25, 0.3) is 5.56 Å². The first-order valence-electron chi connectivity index (χ1n) is 11.1. The highest BCUT2D eigenvalue weighted by molar-refractivity contribution is 7.07. The fraction of sp³-hybridized carbons (Fsp3) is 0.222. The predicted molar refractivity (Wildman–Crippen MR) is 137 cm³/mol. The van der Waals surface area contributed by atoms with Gasteiger partial charge < -0.3 is 18.9 Å². The zero-order chi connectivity index (χ0) is 25.8. The second-order valence-electron chi connectivity index (χ2n) is 7.86. The molecule has 1 atom stereocenters. The maximum Gasteiger partial charge on any atom is 0.338 e. The van der Waals surface area contributed by atoms with Crippen LogP contribution in [0.1, 0.15) is 24.1 Å². The van der Waals surface area contributed by atoms with Gasteiger partial charge in [0.2, 0.25) is 0 Å². The van der Waals surface area contributed by atoms with E-state index >= 15 is 0 Å². The van der Waals surface area contributed by atoms with Gasteiger partial charge >= 0.3 is 5.97 Å². The van der Waals surface area contributed by atoms with E-state index in [9.17, 15) is 9.59 Å². The highest BCUT2D eigenvalue weighted by Gasteiger charge is 2.34. The molecule has 0 radical (unpaired) electrons. The van der Waals surface area contributed by atoms with Gasteiger partial charge in [-0.3, -0.25) is 9.36 Å². The van der Waals surface area contributed by atoms with Crippen LogP contribution in [0.5, 0.6) is 17.2 Å². The molecule has 3 aromatic rings. The molecule has 8 nitrogen and oxygen atoms in total. The SMILES string of the molecule is C=CCOC(=O)C1=C(C)N=c2s/c(=C\c3ccc(OC)cc3)c(=O)n2[C@H]1c1ccc(OC)c(OC)c1. The molecular formula is C27H26N2O6S. The number of nitrogens with zero attached hydrogens (tertiary/aromatic N) is 2. The van der Waals surface area contributed by atoms with Crippen molar-refractivity contribution in [2.75, 3.05) is 27.9 Å². The van der Waals surface area contributed by atoms with E-state index in [4.69, 9.17) is 18.9 Å². The fourth-order valence-electron chi connectivity index (χ4n) is 3.98. The number of benzene rings is 2. The second kappa shape index (κ2) is 10.7. The van der Waals surface area contributed by atoms with Crippen LogP contribution in [0.4, 0.5) is 0 Å². The quantitative estimate of drug-likeness (QED) is 0.345. The van der Waals surface area contributed by atoms with Crippen LogP contribution in [0, 0.1) is 0 Å². The summed E-state index contributed by atoms with van der Waals surface area (Å²) in [6.45, 7) is 5.38. The molecule has 1 aliphatic rings. The molecule has 1 aliphatic heterocycles. The normalized spacial score (nSPS) is 15.1. The largest absolute Gasteiger partial charge is 0.497 e. The lowest BCUT2D eigenvalue weighted by Crippen LogP contribution is -2.40. The standard InChI is InChI=1S/C27H26N2O6S/c1-6-13-35-26(31)23-16(2)28-27-29(24(23)18-9-12-20(33-4)21(15-18)34-5)25(30)22(36-27)14-17-7-10-19(32-3)11-8-17/h6-12,14-15,24H,1,13H2,2-5H3/b22-14-/t24-/m0/s1. The van der Waals surface area contributed by atoms with Gasteiger partial charge in [-0.25, -0.2) is 9.79 Å².